The second-order valence-electron chi connectivity index (χ2n) is 5.86. The fraction of sp³-hybridized carbons (Fsp3) is 0.471. The van der Waals surface area contributed by atoms with Gasteiger partial charge in [0.15, 0.2) is 5.78 Å². The van der Waals surface area contributed by atoms with Crippen LogP contribution in [0.3, 0.4) is 0 Å². The standard InChI is InChI=1S/C17H20N2O3S/c1-12(20)15-11-23-17(18-15)13-6-8-19(9-7-13)16(21)5-4-14-3-2-10-22-14/h2-3,10-11,13H,4-9H2,1H3. The Morgan fingerprint density at radius 1 is 1.39 bits per heavy atom. The van der Waals surface area contributed by atoms with Gasteiger partial charge in [0.1, 0.15) is 11.5 Å². The molecule has 3 rings (SSSR count). The highest BCUT2D eigenvalue weighted by Gasteiger charge is 2.25. The topological polar surface area (TPSA) is 63.4 Å². The maximum atomic E-state index is 12.3. The third kappa shape index (κ3) is 3.88. The number of furan rings is 1. The molecule has 0 N–H and O–H groups in total. The van der Waals surface area contributed by atoms with Gasteiger partial charge >= 0.3 is 0 Å². The van der Waals surface area contributed by atoms with Gasteiger partial charge in [-0.25, -0.2) is 4.98 Å². The summed E-state index contributed by atoms with van der Waals surface area (Å²) in [5, 5.41) is 2.86. The molecule has 0 aromatic carbocycles. The summed E-state index contributed by atoms with van der Waals surface area (Å²) in [6, 6.07) is 3.74. The lowest BCUT2D eigenvalue weighted by atomic mass is 9.97. The van der Waals surface area contributed by atoms with Crippen LogP contribution in [0.4, 0.5) is 0 Å². The summed E-state index contributed by atoms with van der Waals surface area (Å²) in [7, 11) is 0. The van der Waals surface area contributed by atoms with Gasteiger partial charge in [0.25, 0.3) is 0 Å². The van der Waals surface area contributed by atoms with Crippen LogP contribution in [0.5, 0.6) is 0 Å². The van der Waals surface area contributed by atoms with Crippen molar-refractivity contribution in [1.29, 1.82) is 0 Å². The average Bonchev–Trinajstić information content (AvgIpc) is 3.24. The second-order valence-corrected chi connectivity index (χ2v) is 6.75. The van der Waals surface area contributed by atoms with Gasteiger partial charge in [0.05, 0.1) is 11.3 Å². The molecule has 6 heteroatoms. The third-order valence-electron chi connectivity index (χ3n) is 4.24. The molecule has 1 saturated heterocycles. The van der Waals surface area contributed by atoms with Crippen molar-refractivity contribution in [3.05, 3.63) is 40.2 Å². The van der Waals surface area contributed by atoms with E-state index in [-0.39, 0.29) is 11.7 Å². The van der Waals surface area contributed by atoms with Gasteiger partial charge in [-0.2, -0.15) is 0 Å². The first-order valence-corrected chi connectivity index (χ1v) is 8.78. The van der Waals surface area contributed by atoms with Gasteiger partial charge in [-0.05, 0) is 25.0 Å². The van der Waals surface area contributed by atoms with Crippen LogP contribution in [-0.2, 0) is 11.2 Å². The summed E-state index contributed by atoms with van der Waals surface area (Å²) in [6.07, 6.45) is 4.60. The molecule has 0 unspecified atom stereocenters. The lowest BCUT2D eigenvalue weighted by Gasteiger charge is -2.31. The molecule has 3 heterocycles. The monoisotopic (exact) mass is 332 g/mol. The van der Waals surface area contributed by atoms with Crippen molar-refractivity contribution < 1.29 is 14.0 Å². The minimum absolute atomic E-state index is 0.0121. The van der Waals surface area contributed by atoms with Crippen molar-refractivity contribution >= 4 is 23.0 Å². The lowest BCUT2D eigenvalue weighted by Crippen LogP contribution is -2.38. The number of likely N-dealkylation sites (tertiary alicyclic amines) is 1. The highest BCUT2D eigenvalue weighted by molar-refractivity contribution is 7.09. The first-order valence-electron chi connectivity index (χ1n) is 7.90. The molecule has 2 aromatic heterocycles. The Kier molecular flexibility index (Phi) is 4.91. The molecule has 23 heavy (non-hydrogen) atoms. The molecule has 2 aromatic rings. The van der Waals surface area contributed by atoms with E-state index in [1.54, 1.807) is 24.5 Å². The Morgan fingerprint density at radius 3 is 2.78 bits per heavy atom. The zero-order valence-electron chi connectivity index (χ0n) is 13.2. The van der Waals surface area contributed by atoms with Crippen molar-refractivity contribution in [3.63, 3.8) is 0 Å². The Bertz CT molecular complexity index is 670. The maximum Gasteiger partial charge on any atom is 0.223 e. The number of hydrogen-bond acceptors (Lipinski definition) is 5. The Balaban J connectivity index is 1.49. The zero-order chi connectivity index (χ0) is 16.2. The average molecular weight is 332 g/mol. The van der Waals surface area contributed by atoms with E-state index in [0.29, 0.717) is 24.5 Å². The number of Topliss-reactive ketones (excluding diaryl/α,β-unsaturated/α-hetero) is 1. The summed E-state index contributed by atoms with van der Waals surface area (Å²) in [5.41, 5.74) is 0.557. The Labute approximate surface area is 139 Å². The number of carbonyl (C=O) groups excluding carboxylic acids is 2. The Hall–Kier alpha value is -1.95. The molecule has 1 fully saturated rings. The van der Waals surface area contributed by atoms with Gasteiger partial charge in [0.2, 0.25) is 5.91 Å². The van der Waals surface area contributed by atoms with Gasteiger partial charge in [-0.3, -0.25) is 9.59 Å². The van der Waals surface area contributed by atoms with Gasteiger partial charge in [-0.15, -0.1) is 11.3 Å². The molecule has 122 valence electrons. The quantitative estimate of drug-likeness (QED) is 0.788. The third-order valence-corrected chi connectivity index (χ3v) is 5.25. The van der Waals surface area contributed by atoms with Crippen LogP contribution >= 0.6 is 11.3 Å². The van der Waals surface area contributed by atoms with E-state index in [1.165, 1.54) is 0 Å². The van der Waals surface area contributed by atoms with E-state index in [0.717, 1.165) is 36.7 Å². The van der Waals surface area contributed by atoms with Crippen molar-refractivity contribution in [2.45, 2.75) is 38.5 Å². The number of piperidine rings is 1. The number of hydrogen-bond donors (Lipinski definition) is 0. The van der Waals surface area contributed by atoms with Crippen molar-refractivity contribution in [1.82, 2.24) is 9.88 Å². The fourth-order valence-corrected chi connectivity index (χ4v) is 3.89. The van der Waals surface area contributed by atoms with E-state index < -0.39 is 0 Å². The van der Waals surface area contributed by atoms with Crippen LogP contribution in [-0.4, -0.2) is 34.7 Å². The van der Waals surface area contributed by atoms with E-state index >= 15 is 0 Å². The van der Waals surface area contributed by atoms with E-state index in [1.807, 2.05) is 22.4 Å². The van der Waals surface area contributed by atoms with Crippen molar-refractivity contribution in [2.75, 3.05) is 13.1 Å². The first-order chi connectivity index (χ1) is 11.1. The summed E-state index contributed by atoms with van der Waals surface area (Å²) >= 11 is 1.55. The highest BCUT2D eigenvalue weighted by Crippen LogP contribution is 2.30. The van der Waals surface area contributed by atoms with Crippen LogP contribution < -0.4 is 0 Å². The van der Waals surface area contributed by atoms with Crippen LogP contribution in [0.25, 0.3) is 0 Å². The van der Waals surface area contributed by atoms with Gasteiger partial charge in [0, 0.05) is 44.2 Å². The predicted octanol–water partition coefficient (Wildman–Crippen LogP) is 3.28. The number of rotatable bonds is 5. The predicted molar refractivity (Wildman–Crippen MR) is 87.7 cm³/mol. The van der Waals surface area contributed by atoms with Gasteiger partial charge in [-0.1, -0.05) is 0 Å². The summed E-state index contributed by atoms with van der Waals surface area (Å²) in [4.78, 5) is 29.9. The number of ketones is 1. The SMILES string of the molecule is CC(=O)c1csc(C2CCN(C(=O)CCc3ccco3)CC2)n1. The zero-order valence-corrected chi connectivity index (χ0v) is 14.0. The largest absolute Gasteiger partial charge is 0.469 e. The summed E-state index contributed by atoms with van der Waals surface area (Å²) < 4.78 is 5.26. The van der Waals surface area contributed by atoms with Crippen LogP contribution in [0.15, 0.2) is 28.2 Å². The molecular formula is C17H20N2O3S. The van der Waals surface area contributed by atoms with Crippen LogP contribution in [0, 0.1) is 0 Å². The molecule has 0 aliphatic carbocycles. The minimum Gasteiger partial charge on any atom is -0.469 e. The first kappa shape index (κ1) is 15.9. The number of aryl methyl sites for hydroxylation is 1. The highest BCUT2D eigenvalue weighted by atomic mass is 32.1. The summed E-state index contributed by atoms with van der Waals surface area (Å²) in [5.74, 6) is 1.41. The normalized spacial score (nSPS) is 15.8. The lowest BCUT2D eigenvalue weighted by molar-refractivity contribution is -0.132. The molecule has 1 aliphatic rings. The number of thiazole rings is 1. The minimum atomic E-state index is 0.0121. The molecule has 0 spiro atoms. The van der Waals surface area contributed by atoms with Crippen LogP contribution in [0.2, 0.25) is 0 Å². The number of amides is 1. The van der Waals surface area contributed by atoms with Gasteiger partial charge < -0.3 is 9.32 Å². The molecule has 0 saturated carbocycles. The summed E-state index contributed by atoms with van der Waals surface area (Å²) in [6.45, 7) is 3.06. The Morgan fingerprint density at radius 2 is 2.17 bits per heavy atom. The molecule has 0 atom stereocenters. The van der Waals surface area contributed by atoms with E-state index in [2.05, 4.69) is 4.98 Å². The maximum absolute atomic E-state index is 12.3. The number of aromatic nitrogens is 1. The fourth-order valence-electron chi connectivity index (χ4n) is 2.86. The second kappa shape index (κ2) is 7.08. The van der Waals surface area contributed by atoms with Crippen molar-refractivity contribution in [2.24, 2.45) is 0 Å². The molecule has 0 radical (unpaired) electrons. The molecule has 0 bridgehead atoms. The molecule has 1 aliphatic heterocycles. The number of carbonyl (C=O) groups is 2. The van der Waals surface area contributed by atoms with E-state index in [9.17, 15) is 9.59 Å². The smallest absolute Gasteiger partial charge is 0.223 e. The molecule has 5 nitrogen and oxygen atoms in total. The number of nitrogens with zero attached hydrogens (tertiary/aromatic N) is 2. The van der Waals surface area contributed by atoms with Crippen molar-refractivity contribution in [3.8, 4) is 0 Å². The molecule has 1 amide bonds. The molecular weight excluding hydrogens is 312 g/mol. The van der Waals surface area contributed by atoms with E-state index in [4.69, 9.17) is 4.42 Å². The van der Waals surface area contributed by atoms with Crippen LogP contribution in [0.1, 0.15) is 53.4 Å².